The number of benzene rings is 11. The Bertz CT molecular complexity index is 3770. The first kappa shape index (κ1) is 35.1. The van der Waals surface area contributed by atoms with Crippen LogP contribution in [0.2, 0.25) is 0 Å². The molecule has 0 saturated heterocycles. The van der Waals surface area contributed by atoms with Crippen molar-refractivity contribution in [1.82, 2.24) is 0 Å². The molecule has 1 heterocycles. The number of rotatable bonds is 4. The van der Waals surface area contributed by atoms with Crippen molar-refractivity contribution >= 4 is 65.0 Å². The minimum atomic E-state index is -0.0817. The van der Waals surface area contributed by atoms with Gasteiger partial charge in [-0.1, -0.05) is 196 Å². The molecule has 1 aromatic heterocycles. The monoisotopic (exact) mass is 788 g/mol. The van der Waals surface area contributed by atoms with Crippen LogP contribution < -0.4 is 0 Å². The van der Waals surface area contributed by atoms with Crippen molar-refractivity contribution < 1.29 is 4.42 Å². The Hall–Kier alpha value is -7.74. The van der Waals surface area contributed by atoms with E-state index in [1.165, 1.54) is 121 Å². The van der Waals surface area contributed by atoms with Crippen molar-refractivity contribution in [2.75, 3.05) is 0 Å². The van der Waals surface area contributed by atoms with E-state index in [0.717, 1.165) is 11.2 Å². The van der Waals surface area contributed by atoms with Crippen LogP contribution in [0.25, 0.3) is 121 Å². The summed E-state index contributed by atoms with van der Waals surface area (Å²) >= 11 is 0. The zero-order valence-electron chi connectivity index (χ0n) is 34.5. The maximum Gasteiger partial charge on any atom is 0.136 e. The summed E-state index contributed by atoms with van der Waals surface area (Å²) in [7, 11) is 0. The lowest BCUT2D eigenvalue weighted by molar-refractivity contribution is 0.656. The van der Waals surface area contributed by atoms with E-state index in [1.807, 2.05) is 0 Å². The molecule has 1 aliphatic rings. The zero-order valence-corrected chi connectivity index (χ0v) is 34.5. The fourth-order valence-corrected chi connectivity index (χ4v) is 10.9. The molecule has 1 aliphatic carbocycles. The van der Waals surface area contributed by atoms with Gasteiger partial charge in [-0.15, -0.1) is 0 Å². The van der Waals surface area contributed by atoms with Crippen molar-refractivity contribution in [3.63, 3.8) is 0 Å². The second-order valence-corrected chi connectivity index (χ2v) is 17.5. The van der Waals surface area contributed by atoms with E-state index in [9.17, 15) is 0 Å². The summed E-state index contributed by atoms with van der Waals surface area (Å²) < 4.78 is 6.82. The molecular weight excluding hydrogens is 749 g/mol. The predicted molar refractivity (Wildman–Crippen MR) is 263 cm³/mol. The Kier molecular flexibility index (Phi) is 7.42. The van der Waals surface area contributed by atoms with E-state index in [-0.39, 0.29) is 5.41 Å². The Balaban J connectivity index is 0.961. The topological polar surface area (TPSA) is 13.1 Å². The van der Waals surface area contributed by atoms with Crippen molar-refractivity contribution in [2.24, 2.45) is 0 Å². The SMILES string of the molecule is CC1(C)c2ccccc2-c2c1ccc1oc3cc(-c4ccc(-c5c6ccccc6c(-c6cccc(-c7ccc8ccccc8c7)c6)c6ccccc56)cc4)c4ccccc4c3c21. The molecule has 290 valence electrons. The van der Waals surface area contributed by atoms with Gasteiger partial charge < -0.3 is 4.42 Å². The van der Waals surface area contributed by atoms with Crippen molar-refractivity contribution in [1.29, 1.82) is 0 Å². The third-order valence-electron chi connectivity index (χ3n) is 13.8. The number of furan rings is 1. The smallest absolute Gasteiger partial charge is 0.136 e. The van der Waals surface area contributed by atoms with Gasteiger partial charge in [-0.05, 0) is 134 Å². The van der Waals surface area contributed by atoms with Gasteiger partial charge in [0.15, 0.2) is 0 Å². The molecule has 0 atom stereocenters. The Morgan fingerprint density at radius 2 is 0.871 bits per heavy atom. The quantitative estimate of drug-likeness (QED) is 0.162. The molecule has 1 nitrogen and oxygen atoms in total. The summed E-state index contributed by atoms with van der Waals surface area (Å²) in [5.41, 5.74) is 16.9. The first-order valence-corrected chi connectivity index (χ1v) is 21.7. The van der Waals surface area contributed by atoms with Crippen LogP contribution in [0.15, 0.2) is 211 Å². The van der Waals surface area contributed by atoms with Gasteiger partial charge in [0, 0.05) is 16.2 Å². The number of hydrogen-bond acceptors (Lipinski definition) is 1. The van der Waals surface area contributed by atoms with E-state index in [2.05, 4.69) is 220 Å². The van der Waals surface area contributed by atoms with Crippen molar-refractivity contribution in [3.8, 4) is 55.6 Å². The van der Waals surface area contributed by atoms with Crippen LogP contribution in [0.5, 0.6) is 0 Å². The molecule has 1 heteroatoms. The van der Waals surface area contributed by atoms with Crippen molar-refractivity contribution in [3.05, 3.63) is 217 Å². The first-order chi connectivity index (χ1) is 30.5. The van der Waals surface area contributed by atoms with Crippen LogP contribution in [-0.4, -0.2) is 0 Å². The third kappa shape index (κ3) is 5.03. The highest BCUT2D eigenvalue weighted by Crippen LogP contribution is 2.54. The van der Waals surface area contributed by atoms with E-state index < -0.39 is 0 Å². The second kappa shape index (κ2) is 13.1. The summed E-state index contributed by atoms with van der Waals surface area (Å²) in [5.74, 6) is 0. The maximum atomic E-state index is 6.82. The van der Waals surface area contributed by atoms with Gasteiger partial charge >= 0.3 is 0 Å². The minimum Gasteiger partial charge on any atom is -0.456 e. The molecular formula is C61H40O. The molecule has 0 aliphatic heterocycles. The lowest BCUT2D eigenvalue weighted by Gasteiger charge is -2.21. The molecule has 0 bridgehead atoms. The highest BCUT2D eigenvalue weighted by molar-refractivity contribution is 6.26. The molecule has 62 heavy (non-hydrogen) atoms. The van der Waals surface area contributed by atoms with E-state index in [4.69, 9.17) is 4.42 Å². The number of hydrogen-bond donors (Lipinski definition) is 0. The first-order valence-electron chi connectivity index (χ1n) is 21.7. The summed E-state index contributed by atoms with van der Waals surface area (Å²) in [4.78, 5) is 0. The van der Waals surface area contributed by atoms with Gasteiger partial charge in [-0.25, -0.2) is 0 Å². The molecule has 0 amide bonds. The van der Waals surface area contributed by atoms with Crippen LogP contribution in [-0.2, 0) is 5.41 Å². The van der Waals surface area contributed by atoms with Gasteiger partial charge in [-0.3, -0.25) is 0 Å². The second-order valence-electron chi connectivity index (χ2n) is 17.5. The standard InChI is InChI=1S/C61H40O/c1-61(2)52-25-12-11-24-50(52)58-53(61)32-33-54-60(58)59-45-19-6-5-18-44(45)51(36-55(59)62-54)38-27-29-39(30-28-38)56-46-20-7-9-22-48(46)57(49-23-10-8-21-47(49)56)43-17-13-16-41(35-43)42-31-26-37-14-3-4-15-40(37)34-42/h3-36H,1-2H3. The highest BCUT2D eigenvalue weighted by Gasteiger charge is 2.37. The molecule has 0 N–H and O–H groups in total. The molecule has 13 rings (SSSR count). The van der Waals surface area contributed by atoms with Gasteiger partial charge in [0.05, 0.1) is 0 Å². The lowest BCUT2D eigenvalue weighted by Crippen LogP contribution is -2.14. The van der Waals surface area contributed by atoms with Gasteiger partial charge in [0.25, 0.3) is 0 Å². The van der Waals surface area contributed by atoms with Crippen LogP contribution in [0.1, 0.15) is 25.0 Å². The van der Waals surface area contributed by atoms with Crippen LogP contribution >= 0.6 is 0 Å². The Morgan fingerprint density at radius 1 is 0.306 bits per heavy atom. The molecule has 0 unspecified atom stereocenters. The van der Waals surface area contributed by atoms with Crippen LogP contribution in [0.3, 0.4) is 0 Å². The zero-order chi connectivity index (χ0) is 41.1. The van der Waals surface area contributed by atoms with Gasteiger partial charge in [0.1, 0.15) is 11.2 Å². The van der Waals surface area contributed by atoms with Crippen LogP contribution in [0.4, 0.5) is 0 Å². The average Bonchev–Trinajstić information content (AvgIpc) is 3.82. The summed E-state index contributed by atoms with van der Waals surface area (Å²) in [6, 6.07) is 76.0. The normalized spacial score (nSPS) is 13.1. The lowest BCUT2D eigenvalue weighted by atomic mass is 9.82. The summed E-state index contributed by atoms with van der Waals surface area (Å²) in [6.45, 7) is 4.69. The van der Waals surface area contributed by atoms with Crippen molar-refractivity contribution in [2.45, 2.75) is 19.3 Å². The summed E-state index contributed by atoms with van der Waals surface area (Å²) in [5, 5.41) is 12.4. The Labute approximate surface area is 360 Å². The molecule has 0 saturated carbocycles. The molecule has 0 spiro atoms. The van der Waals surface area contributed by atoms with E-state index in [0.29, 0.717) is 0 Å². The summed E-state index contributed by atoms with van der Waals surface area (Å²) in [6.07, 6.45) is 0. The third-order valence-corrected chi connectivity index (χ3v) is 13.8. The fourth-order valence-electron chi connectivity index (χ4n) is 10.9. The molecule has 12 aromatic rings. The molecule has 0 radical (unpaired) electrons. The fraction of sp³-hybridized carbons (Fsp3) is 0.0492. The molecule has 11 aromatic carbocycles. The Morgan fingerprint density at radius 3 is 1.61 bits per heavy atom. The van der Waals surface area contributed by atoms with Gasteiger partial charge in [-0.2, -0.15) is 0 Å². The van der Waals surface area contributed by atoms with E-state index >= 15 is 0 Å². The maximum absolute atomic E-state index is 6.82. The van der Waals surface area contributed by atoms with E-state index in [1.54, 1.807) is 0 Å². The minimum absolute atomic E-state index is 0.0817. The highest BCUT2D eigenvalue weighted by atomic mass is 16.3. The van der Waals surface area contributed by atoms with Crippen LogP contribution in [0, 0.1) is 0 Å². The largest absolute Gasteiger partial charge is 0.456 e. The predicted octanol–water partition coefficient (Wildman–Crippen LogP) is 17.2. The number of fused-ring (bicyclic) bond motifs is 12. The average molecular weight is 789 g/mol. The molecule has 0 fully saturated rings. The van der Waals surface area contributed by atoms with Gasteiger partial charge in [0.2, 0.25) is 0 Å².